The Labute approximate surface area is 107 Å². The third-order valence-corrected chi connectivity index (χ3v) is 2.35. The van der Waals surface area contributed by atoms with Crippen LogP contribution in [0.1, 0.15) is 17.3 Å². The second-order valence-electron chi connectivity index (χ2n) is 3.73. The first-order valence-electron chi connectivity index (χ1n) is 5.33. The van der Waals surface area contributed by atoms with Crippen molar-refractivity contribution in [1.82, 2.24) is 9.97 Å². The average Bonchev–Trinajstić information content (AvgIpc) is 2.37. The summed E-state index contributed by atoms with van der Waals surface area (Å²) in [5, 5.41) is 0. The molecule has 0 radical (unpaired) electrons. The van der Waals surface area contributed by atoms with Crippen molar-refractivity contribution in [2.45, 2.75) is 12.4 Å². The van der Waals surface area contributed by atoms with Crippen LogP contribution in [0.5, 0.6) is 5.75 Å². The van der Waals surface area contributed by atoms with E-state index in [0.29, 0.717) is 11.3 Å². The highest BCUT2D eigenvalue weighted by Crippen LogP contribution is 2.26. The number of hydrogen-bond donors (Lipinski definition) is 1. The van der Waals surface area contributed by atoms with Crippen LogP contribution in [0.4, 0.5) is 13.2 Å². The largest absolute Gasteiger partial charge is 0.573 e. The van der Waals surface area contributed by atoms with Gasteiger partial charge in [-0.1, -0.05) is 12.1 Å². The predicted molar refractivity (Wildman–Crippen MR) is 61.2 cm³/mol. The Morgan fingerprint density at radius 2 is 2.00 bits per heavy atom. The maximum absolute atomic E-state index is 12.1. The molecule has 19 heavy (non-hydrogen) atoms. The molecule has 100 valence electrons. The maximum atomic E-state index is 12.1. The number of halogens is 3. The minimum atomic E-state index is -4.73. The summed E-state index contributed by atoms with van der Waals surface area (Å²) in [6.45, 7) is 0. The van der Waals surface area contributed by atoms with Gasteiger partial charge in [0, 0.05) is 12.4 Å². The lowest BCUT2D eigenvalue weighted by molar-refractivity contribution is -0.274. The van der Waals surface area contributed by atoms with Crippen LogP contribution in [-0.2, 0) is 0 Å². The van der Waals surface area contributed by atoms with E-state index in [-0.39, 0.29) is 5.75 Å². The van der Waals surface area contributed by atoms with Gasteiger partial charge in [-0.15, -0.1) is 13.2 Å². The molecule has 0 aliphatic rings. The highest BCUT2D eigenvalue weighted by molar-refractivity contribution is 5.33. The lowest BCUT2D eigenvalue weighted by Gasteiger charge is -2.13. The zero-order chi connectivity index (χ0) is 13.9. The van der Waals surface area contributed by atoms with Crippen molar-refractivity contribution in [3.05, 3.63) is 54.1 Å². The molecule has 1 aromatic carbocycles. The van der Waals surface area contributed by atoms with Gasteiger partial charge in [0.05, 0.1) is 17.9 Å². The Morgan fingerprint density at radius 1 is 1.21 bits per heavy atom. The zero-order valence-corrected chi connectivity index (χ0v) is 9.63. The van der Waals surface area contributed by atoms with Crippen LogP contribution < -0.4 is 10.5 Å². The zero-order valence-electron chi connectivity index (χ0n) is 9.63. The van der Waals surface area contributed by atoms with E-state index in [1.54, 1.807) is 6.07 Å². The molecule has 2 N–H and O–H groups in total. The smallest absolute Gasteiger partial charge is 0.406 e. The summed E-state index contributed by atoms with van der Waals surface area (Å²) >= 11 is 0. The predicted octanol–water partition coefficient (Wildman–Crippen LogP) is 2.42. The van der Waals surface area contributed by atoms with Crippen LogP contribution in [0.25, 0.3) is 0 Å². The maximum Gasteiger partial charge on any atom is 0.573 e. The molecule has 0 saturated carbocycles. The molecule has 0 amide bonds. The number of hydrogen-bond acceptors (Lipinski definition) is 4. The second-order valence-corrected chi connectivity index (χ2v) is 3.73. The molecule has 1 aromatic heterocycles. The molecule has 1 heterocycles. The Balaban J connectivity index is 2.24. The summed E-state index contributed by atoms with van der Waals surface area (Å²) in [6, 6.07) is 4.81. The van der Waals surface area contributed by atoms with E-state index < -0.39 is 12.4 Å². The number of benzene rings is 1. The minimum Gasteiger partial charge on any atom is -0.406 e. The molecule has 1 unspecified atom stereocenters. The first-order chi connectivity index (χ1) is 8.96. The van der Waals surface area contributed by atoms with E-state index in [2.05, 4.69) is 14.7 Å². The highest BCUT2D eigenvalue weighted by Gasteiger charge is 2.31. The van der Waals surface area contributed by atoms with E-state index in [4.69, 9.17) is 5.73 Å². The highest BCUT2D eigenvalue weighted by atomic mass is 19.4. The quantitative estimate of drug-likeness (QED) is 0.929. The second kappa shape index (κ2) is 5.23. The minimum absolute atomic E-state index is 0.315. The fourth-order valence-electron chi connectivity index (χ4n) is 1.55. The Kier molecular flexibility index (Phi) is 3.66. The molecule has 4 nitrogen and oxygen atoms in total. The van der Waals surface area contributed by atoms with Crippen molar-refractivity contribution in [2.75, 3.05) is 0 Å². The molecular formula is C12H10F3N3O. The molecular weight excluding hydrogens is 259 g/mol. The van der Waals surface area contributed by atoms with Crippen molar-refractivity contribution in [3.8, 4) is 5.75 Å². The molecule has 1 atom stereocenters. The molecule has 0 aliphatic carbocycles. The Bertz CT molecular complexity index is 545. The van der Waals surface area contributed by atoms with Crippen LogP contribution in [-0.4, -0.2) is 16.3 Å². The summed E-state index contributed by atoms with van der Waals surface area (Å²) < 4.78 is 40.2. The summed E-state index contributed by atoms with van der Waals surface area (Å²) in [4.78, 5) is 7.87. The first-order valence-corrected chi connectivity index (χ1v) is 5.33. The van der Waals surface area contributed by atoms with Gasteiger partial charge < -0.3 is 10.5 Å². The molecule has 0 fully saturated rings. The monoisotopic (exact) mass is 269 g/mol. The summed E-state index contributed by atoms with van der Waals surface area (Å²) in [7, 11) is 0. The third-order valence-electron chi connectivity index (χ3n) is 2.35. The topological polar surface area (TPSA) is 61.0 Å². The molecule has 0 saturated heterocycles. The standard InChI is InChI=1S/C12H10F3N3O/c13-12(14,15)19-9-3-1-2-8(6-9)11(16)10-7-17-4-5-18-10/h1-7,11H,16H2. The van der Waals surface area contributed by atoms with Crippen molar-refractivity contribution >= 4 is 0 Å². The van der Waals surface area contributed by atoms with Crippen LogP contribution in [0.15, 0.2) is 42.9 Å². The van der Waals surface area contributed by atoms with E-state index in [1.165, 1.54) is 36.8 Å². The Hall–Kier alpha value is -2.15. The van der Waals surface area contributed by atoms with E-state index in [1.807, 2.05) is 0 Å². The summed E-state index contributed by atoms with van der Waals surface area (Å²) in [5.74, 6) is -0.315. The van der Waals surface area contributed by atoms with Gasteiger partial charge in [-0.3, -0.25) is 9.97 Å². The molecule has 2 rings (SSSR count). The normalized spacial score (nSPS) is 13.1. The molecule has 0 bridgehead atoms. The van der Waals surface area contributed by atoms with Gasteiger partial charge in [-0.2, -0.15) is 0 Å². The van der Waals surface area contributed by atoms with Crippen molar-refractivity contribution < 1.29 is 17.9 Å². The van der Waals surface area contributed by atoms with Crippen molar-refractivity contribution in [2.24, 2.45) is 5.73 Å². The Morgan fingerprint density at radius 3 is 2.63 bits per heavy atom. The SMILES string of the molecule is NC(c1cccc(OC(F)(F)F)c1)c1cnccn1. The van der Waals surface area contributed by atoms with E-state index in [0.717, 1.165) is 0 Å². The fourth-order valence-corrected chi connectivity index (χ4v) is 1.55. The average molecular weight is 269 g/mol. The third kappa shape index (κ3) is 3.65. The number of alkyl halides is 3. The van der Waals surface area contributed by atoms with Gasteiger partial charge in [-0.05, 0) is 17.7 Å². The lowest BCUT2D eigenvalue weighted by Crippen LogP contribution is -2.18. The number of nitrogens with zero attached hydrogens (tertiary/aromatic N) is 2. The van der Waals surface area contributed by atoms with Crippen molar-refractivity contribution in [1.29, 1.82) is 0 Å². The van der Waals surface area contributed by atoms with Crippen LogP contribution in [0.3, 0.4) is 0 Å². The van der Waals surface area contributed by atoms with Gasteiger partial charge in [-0.25, -0.2) is 0 Å². The lowest BCUT2D eigenvalue weighted by atomic mass is 10.0. The van der Waals surface area contributed by atoms with Gasteiger partial charge >= 0.3 is 6.36 Å². The number of ether oxygens (including phenoxy) is 1. The summed E-state index contributed by atoms with van der Waals surface area (Å²) in [5.41, 5.74) is 6.83. The van der Waals surface area contributed by atoms with E-state index >= 15 is 0 Å². The van der Waals surface area contributed by atoms with Gasteiger partial charge in [0.1, 0.15) is 5.75 Å². The fraction of sp³-hybridized carbons (Fsp3) is 0.167. The number of nitrogens with two attached hydrogens (primary N) is 1. The molecule has 0 aliphatic heterocycles. The molecule has 0 spiro atoms. The van der Waals surface area contributed by atoms with Gasteiger partial charge in [0.2, 0.25) is 0 Å². The first kappa shape index (κ1) is 13.3. The molecule has 2 aromatic rings. The van der Waals surface area contributed by atoms with Crippen LogP contribution in [0, 0.1) is 0 Å². The molecule has 7 heteroatoms. The van der Waals surface area contributed by atoms with Gasteiger partial charge in [0.15, 0.2) is 0 Å². The summed E-state index contributed by atoms with van der Waals surface area (Å²) in [6.07, 6.45) is -0.318. The van der Waals surface area contributed by atoms with Crippen LogP contribution >= 0.6 is 0 Å². The van der Waals surface area contributed by atoms with Crippen LogP contribution in [0.2, 0.25) is 0 Å². The van der Waals surface area contributed by atoms with E-state index in [9.17, 15) is 13.2 Å². The van der Waals surface area contributed by atoms with Gasteiger partial charge in [0.25, 0.3) is 0 Å². The number of aromatic nitrogens is 2. The van der Waals surface area contributed by atoms with Crippen molar-refractivity contribution in [3.63, 3.8) is 0 Å². The number of rotatable bonds is 3.